The number of alkyl halides is 3. The Hall–Kier alpha value is -0.820. The van der Waals surface area contributed by atoms with Gasteiger partial charge in [-0.3, -0.25) is 10.1 Å². The number of rotatable bonds is 4. The van der Waals surface area contributed by atoms with Crippen LogP contribution in [0.3, 0.4) is 0 Å². The molecule has 0 bridgehead atoms. The van der Waals surface area contributed by atoms with Gasteiger partial charge in [-0.25, -0.2) is 0 Å². The summed E-state index contributed by atoms with van der Waals surface area (Å²) in [6, 6.07) is 0. The molecule has 4 nitrogen and oxygen atoms in total. The molecule has 0 aromatic carbocycles. The highest BCUT2D eigenvalue weighted by Gasteiger charge is 2.45. The van der Waals surface area contributed by atoms with Crippen LogP contribution in [0.5, 0.6) is 0 Å². The first-order chi connectivity index (χ1) is 7.79. The molecule has 17 heavy (non-hydrogen) atoms. The van der Waals surface area contributed by atoms with Crippen LogP contribution >= 0.6 is 0 Å². The summed E-state index contributed by atoms with van der Waals surface area (Å²) >= 11 is 0. The van der Waals surface area contributed by atoms with Crippen LogP contribution in [0, 0.1) is 0 Å². The average Bonchev–Trinajstić information content (AvgIpc) is 2.25. The van der Waals surface area contributed by atoms with E-state index in [4.69, 9.17) is 9.84 Å². The lowest BCUT2D eigenvalue weighted by Gasteiger charge is -2.38. The van der Waals surface area contributed by atoms with Crippen molar-refractivity contribution in [2.45, 2.75) is 44.0 Å². The summed E-state index contributed by atoms with van der Waals surface area (Å²) in [7, 11) is 0. The van der Waals surface area contributed by atoms with E-state index in [1.807, 2.05) is 6.92 Å². The maximum atomic E-state index is 12.1. The molecule has 0 aromatic heterocycles. The first kappa shape index (κ1) is 14.2. The molecule has 1 rings (SSSR count). The van der Waals surface area contributed by atoms with Crippen LogP contribution in [0.25, 0.3) is 0 Å². The molecule has 1 heterocycles. The van der Waals surface area contributed by atoms with Gasteiger partial charge in [0.05, 0.1) is 12.6 Å². The fourth-order valence-corrected chi connectivity index (χ4v) is 1.91. The molecule has 0 amide bonds. The maximum absolute atomic E-state index is 12.1. The van der Waals surface area contributed by atoms with Crippen LogP contribution in [0.2, 0.25) is 0 Å². The number of hydrogen-bond donors (Lipinski definition) is 2. The Bertz CT molecular complexity index is 282. The highest BCUT2D eigenvalue weighted by atomic mass is 19.4. The van der Waals surface area contributed by atoms with E-state index in [1.54, 1.807) is 0 Å². The van der Waals surface area contributed by atoms with Gasteiger partial charge in [-0.05, 0) is 12.8 Å². The third-order valence-corrected chi connectivity index (χ3v) is 2.95. The number of nitrogens with one attached hydrogen (secondary N) is 1. The fraction of sp³-hybridized carbons (Fsp3) is 0.900. The molecule has 7 heteroatoms. The summed E-state index contributed by atoms with van der Waals surface area (Å²) in [6.45, 7) is 0.678. The molecule has 0 aliphatic carbocycles. The molecule has 2 unspecified atom stereocenters. The Morgan fingerprint density at radius 1 is 1.59 bits per heavy atom. The van der Waals surface area contributed by atoms with Crippen LogP contribution in [-0.4, -0.2) is 42.0 Å². The lowest BCUT2D eigenvalue weighted by atomic mass is 9.85. The van der Waals surface area contributed by atoms with Gasteiger partial charge in [0.1, 0.15) is 5.54 Å². The first-order valence-electron chi connectivity index (χ1n) is 5.46. The predicted octanol–water partition coefficient (Wildman–Crippen LogP) is 1.55. The van der Waals surface area contributed by atoms with Gasteiger partial charge < -0.3 is 9.84 Å². The third kappa shape index (κ3) is 3.85. The molecule has 0 radical (unpaired) electrons. The summed E-state index contributed by atoms with van der Waals surface area (Å²) < 4.78 is 41.7. The van der Waals surface area contributed by atoms with Gasteiger partial charge >= 0.3 is 12.1 Å². The number of hydrogen-bond acceptors (Lipinski definition) is 3. The van der Waals surface area contributed by atoms with Crippen molar-refractivity contribution >= 4 is 5.97 Å². The van der Waals surface area contributed by atoms with Crippen molar-refractivity contribution in [1.29, 1.82) is 0 Å². The zero-order chi connectivity index (χ0) is 13.1. The standard InChI is InChI=1S/C10H16F3NO3/c1-2-7-5-9(8(15)16,3-4-17-7)14-6-10(11,12)13/h7,14H,2-6H2,1H3,(H,15,16). The van der Waals surface area contributed by atoms with Crippen molar-refractivity contribution < 1.29 is 27.8 Å². The van der Waals surface area contributed by atoms with E-state index < -0.39 is 24.2 Å². The van der Waals surface area contributed by atoms with Crippen LogP contribution in [0.1, 0.15) is 26.2 Å². The lowest BCUT2D eigenvalue weighted by molar-refractivity contribution is -0.159. The van der Waals surface area contributed by atoms with Gasteiger partial charge in [-0.2, -0.15) is 13.2 Å². The average molecular weight is 255 g/mol. The van der Waals surface area contributed by atoms with Crippen molar-refractivity contribution in [2.75, 3.05) is 13.2 Å². The predicted molar refractivity (Wildman–Crippen MR) is 53.7 cm³/mol. The summed E-state index contributed by atoms with van der Waals surface area (Å²) in [5, 5.41) is 11.2. The molecule has 1 aliphatic rings. The van der Waals surface area contributed by atoms with Crippen molar-refractivity contribution in [3.63, 3.8) is 0 Å². The van der Waals surface area contributed by atoms with Crippen LogP contribution < -0.4 is 5.32 Å². The molecule has 2 N–H and O–H groups in total. The molecule has 2 atom stereocenters. The Morgan fingerprint density at radius 2 is 2.24 bits per heavy atom. The van der Waals surface area contributed by atoms with Crippen molar-refractivity contribution in [2.24, 2.45) is 0 Å². The van der Waals surface area contributed by atoms with E-state index in [9.17, 15) is 18.0 Å². The summed E-state index contributed by atoms with van der Waals surface area (Å²) in [5.41, 5.74) is -1.52. The molecule has 0 aromatic rings. The van der Waals surface area contributed by atoms with Crippen LogP contribution in [-0.2, 0) is 9.53 Å². The lowest BCUT2D eigenvalue weighted by Crippen LogP contribution is -2.59. The van der Waals surface area contributed by atoms with Crippen molar-refractivity contribution in [3.8, 4) is 0 Å². The Kier molecular flexibility index (Phi) is 4.37. The van der Waals surface area contributed by atoms with Gasteiger partial charge in [0.15, 0.2) is 0 Å². The number of halogens is 3. The third-order valence-electron chi connectivity index (χ3n) is 2.95. The molecule has 100 valence electrons. The molecule has 1 aliphatic heterocycles. The molecule has 1 fully saturated rings. The highest BCUT2D eigenvalue weighted by molar-refractivity contribution is 5.79. The summed E-state index contributed by atoms with van der Waals surface area (Å²) in [5.74, 6) is -1.25. The number of carbonyl (C=O) groups is 1. The number of ether oxygens (including phenoxy) is 1. The van der Waals surface area contributed by atoms with Crippen molar-refractivity contribution in [1.82, 2.24) is 5.32 Å². The van der Waals surface area contributed by atoms with Gasteiger partial charge in [-0.1, -0.05) is 6.92 Å². The second-order valence-corrected chi connectivity index (χ2v) is 4.21. The zero-order valence-corrected chi connectivity index (χ0v) is 9.51. The summed E-state index contributed by atoms with van der Waals surface area (Å²) in [4.78, 5) is 11.2. The van der Waals surface area contributed by atoms with E-state index in [-0.39, 0.29) is 25.6 Å². The van der Waals surface area contributed by atoms with Crippen LogP contribution in [0.4, 0.5) is 13.2 Å². The largest absolute Gasteiger partial charge is 0.480 e. The number of aliphatic carboxylic acids is 1. The van der Waals surface area contributed by atoms with Gasteiger partial charge in [0.2, 0.25) is 0 Å². The minimum Gasteiger partial charge on any atom is -0.480 e. The normalized spacial score (nSPS) is 30.2. The van der Waals surface area contributed by atoms with Crippen LogP contribution in [0.15, 0.2) is 0 Å². The minimum atomic E-state index is -4.41. The van der Waals surface area contributed by atoms with Gasteiger partial charge in [0, 0.05) is 13.0 Å². The fourth-order valence-electron chi connectivity index (χ4n) is 1.91. The zero-order valence-electron chi connectivity index (χ0n) is 9.51. The van der Waals surface area contributed by atoms with E-state index in [0.29, 0.717) is 6.42 Å². The Balaban J connectivity index is 2.72. The Labute approximate surface area is 97.1 Å². The molecule has 0 saturated carbocycles. The monoisotopic (exact) mass is 255 g/mol. The molecule has 0 spiro atoms. The van der Waals surface area contributed by atoms with E-state index >= 15 is 0 Å². The minimum absolute atomic E-state index is 0.0505. The topological polar surface area (TPSA) is 58.6 Å². The second-order valence-electron chi connectivity index (χ2n) is 4.21. The van der Waals surface area contributed by atoms with E-state index in [2.05, 4.69) is 5.32 Å². The van der Waals surface area contributed by atoms with Crippen molar-refractivity contribution in [3.05, 3.63) is 0 Å². The van der Waals surface area contributed by atoms with Gasteiger partial charge in [-0.15, -0.1) is 0 Å². The SMILES string of the molecule is CCC1CC(NCC(F)(F)F)(C(=O)O)CCO1. The summed E-state index contributed by atoms with van der Waals surface area (Å²) in [6.07, 6.45) is -4.02. The first-order valence-corrected chi connectivity index (χ1v) is 5.46. The second kappa shape index (κ2) is 5.22. The number of carboxylic acid groups (broad SMARTS) is 1. The van der Waals surface area contributed by atoms with Gasteiger partial charge in [0.25, 0.3) is 0 Å². The Morgan fingerprint density at radius 3 is 2.71 bits per heavy atom. The number of carboxylic acids is 1. The highest BCUT2D eigenvalue weighted by Crippen LogP contribution is 2.28. The quantitative estimate of drug-likeness (QED) is 0.800. The smallest absolute Gasteiger partial charge is 0.401 e. The molecular formula is C10H16F3NO3. The molecule has 1 saturated heterocycles. The molecular weight excluding hydrogens is 239 g/mol. The van der Waals surface area contributed by atoms with E-state index in [1.165, 1.54) is 0 Å². The maximum Gasteiger partial charge on any atom is 0.401 e. The van der Waals surface area contributed by atoms with E-state index in [0.717, 1.165) is 0 Å².